The van der Waals surface area contributed by atoms with Gasteiger partial charge in [-0.1, -0.05) is 12.1 Å². The molecule has 3 nitrogen and oxygen atoms in total. The minimum atomic E-state index is 0.457. The number of hydrogen-bond acceptors (Lipinski definition) is 3. The van der Waals surface area contributed by atoms with Crippen LogP contribution >= 0.6 is 11.6 Å². The molecule has 0 amide bonds. The van der Waals surface area contributed by atoms with Gasteiger partial charge in [0.2, 0.25) is 0 Å². The second-order valence-electron chi connectivity index (χ2n) is 3.93. The molecule has 0 saturated carbocycles. The quantitative estimate of drug-likeness (QED) is 0.766. The minimum absolute atomic E-state index is 0.457. The van der Waals surface area contributed by atoms with Crippen molar-refractivity contribution < 1.29 is 14.2 Å². The molecule has 0 radical (unpaired) electrons. The highest BCUT2D eigenvalue weighted by molar-refractivity contribution is 6.17. The van der Waals surface area contributed by atoms with Gasteiger partial charge in [0.05, 0.1) is 14.2 Å². The van der Waals surface area contributed by atoms with E-state index in [0.29, 0.717) is 23.1 Å². The summed E-state index contributed by atoms with van der Waals surface area (Å²) in [4.78, 5) is 0. The third-order valence-electron chi connectivity index (χ3n) is 2.61. The molecular formula is C15H15ClO3. The van der Waals surface area contributed by atoms with Gasteiger partial charge in [-0.15, -0.1) is 11.6 Å². The molecule has 0 aromatic heterocycles. The zero-order valence-electron chi connectivity index (χ0n) is 10.9. The standard InChI is InChI=1S/C15H15ClO3/c1-17-13-7-14(18-2)9-15(8-13)19-12-5-3-4-11(6-12)10-16/h3-9H,10H2,1-2H3. The highest BCUT2D eigenvalue weighted by atomic mass is 35.5. The van der Waals surface area contributed by atoms with Crippen molar-refractivity contribution >= 4 is 11.6 Å². The Kier molecular flexibility index (Phi) is 4.53. The average molecular weight is 279 g/mol. The van der Waals surface area contributed by atoms with Crippen LogP contribution in [0.25, 0.3) is 0 Å². The molecule has 0 heterocycles. The van der Waals surface area contributed by atoms with E-state index < -0.39 is 0 Å². The van der Waals surface area contributed by atoms with Crippen molar-refractivity contribution in [1.82, 2.24) is 0 Å². The van der Waals surface area contributed by atoms with Gasteiger partial charge in [0, 0.05) is 24.1 Å². The molecule has 4 heteroatoms. The van der Waals surface area contributed by atoms with Gasteiger partial charge in [0.25, 0.3) is 0 Å². The fourth-order valence-corrected chi connectivity index (χ4v) is 1.83. The van der Waals surface area contributed by atoms with Gasteiger partial charge in [-0.25, -0.2) is 0 Å². The molecule has 2 rings (SSSR count). The number of ether oxygens (including phenoxy) is 3. The molecule has 100 valence electrons. The van der Waals surface area contributed by atoms with Crippen molar-refractivity contribution in [3.63, 3.8) is 0 Å². The topological polar surface area (TPSA) is 27.7 Å². The summed E-state index contributed by atoms with van der Waals surface area (Å²) >= 11 is 5.80. The molecule has 0 atom stereocenters. The van der Waals surface area contributed by atoms with Crippen molar-refractivity contribution in [3.8, 4) is 23.0 Å². The summed E-state index contributed by atoms with van der Waals surface area (Å²) in [7, 11) is 3.21. The first kappa shape index (κ1) is 13.6. The van der Waals surface area contributed by atoms with Crippen LogP contribution < -0.4 is 14.2 Å². The highest BCUT2D eigenvalue weighted by Gasteiger charge is 2.04. The SMILES string of the molecule is COc1cc(OC)cc(Oc2cccc(CCl)c2)c1. The molecule has 2 aromatic rings. The maximum Gasteiger partial charge on any atom is 0.134 e. The van der Waals surface area contributed by atoms with Crippen LogP contribution in [0.3, 0.4) is 0 Å². The Morgan fingerprint density at radius 3 is 2.05 bits per heavy atom. The first-order chi connectivity index (χ1) is 9.25. The second kappa shape index (κ2) is 6.34. The summed E-state index contributed by atoms with van der Waals surface area (Å²) < 4.78 is 16.2. The Morgan fingerprint density at radius 2 is 1.47 bits per heavy atom. The van der Waals surface area contributed by atoms with E-state index in [1.165, 1.54) is 0 Å². The summed E-state index contributed by atoms with van der Waals surface area (Å²) in [5.74, 6) is 3.21. The summed E-state index contributed by atoms with van der Waals surface area (Å²) in [6, 6.07) is 13.0. The second-order valence-corrected chi connectivity index (χ2v) is 4.20. The van der Waals surface area contributed by atoms with Crippen molar-refractivity contribution in [2.75, 3.05) is 14.2 Å². The van der Waals surface area contributed by atoms with Crippen molar-refractivity contribution in [2.45, 2.75) is 5.88 Å². The molecule has 0 aliphatic carbocycles. The first-order valence-corrected chi connectivity index (χ1v) is 6.34. The van der Waals surface area contributed by atoms with Gasteiger partial charge < -0.3 is 14.2 Å². The van der Waals surface area contributed by atoms with Gasteiger partial charge in [-0.2, -0.15) is 0 Å². The third kappa shape index (κ3) is 3.55. The molecular weight excluding hydrogens is 264 g/mol. The molecule has 0 unspecified atom stereocenters. The van der Waals surface area contributed by atoms with Crippen LogP contribution in [0.15, 0.2) is 42.5 Å². The summed E-state index contributed by atoms with van der Waals surface area (Å²) in [6.45, 7) is 0. The predicted molar refractivity (Wildman–Crippen MR) is 75.6 cm³/mol. The van der Waals surface area contributed by atoms with E-state index in [2.05, 4.69) is 0 Å². The number of alkyl halides is 1. The van der Waals surface area contributed by atoms with E-state index >= 15 is 0 Å². The zero-order chi connectivity index (χ0) is 13.7. The monoisotopic (exact) mass is 278 g/mol. The lowest BCUT2D eigenvalue weighted by Crippen LogP contribution is -1.90. The van der Waals surface area contributed by atoms with Crippen LogP contribution in [-0.2, 0) is 5.88 Å². The van der Waals surface area contributed by atoms with Crippen LogP contribution in [0.4, 0.5) is 0 Å². The summed E-state index contributed by atoms with van der Waals surface area (Å²) in [5.41, 5.74) is 1.01. The molecule has 0 spiro atoms. The molecule has 0 N–H and O–H groups in total. The number of benzene rings is 2. The molecule has 2 aromatic carbocycles. The third-order valence-corrected chi connectivity index (χ3v) is 2.92. The van der Waals surface area contributed by atoms with Gasteiger partial charge in [-0.3, -0.25) is 0 Å². The van der Waals surface area contributed by atoms with Gasteiger partial charge in [-0.05, 0) is 17.7 Å². The van der Waals surface area contributed by atoms with Crippen molar-refractivity contribution in [2.24, 2.45) is 0 Å². The van der Waals surface area contributed by atoms with E-state index in [1.807, 2.05) is 24.3 Å². The van der Waals surface area contributed by atoms with Crippen molar-refractivity contribution in [3.05, 3.63) is 48.0 Å². The number of halogens is 1. The van der Waals surface area contributed by atoms with Gasteiger partial charge in [0.1, 0.15) is 23.0 Å². The fraction of sp³-hybridized carbons (Fsp3) is 0.200. The Morgan fingerprint density at radius 1 is 0.842 bits per heavy atom. The van der Waals surface area contributed by atoms with Crippen LogP contribution in [0.5, 0.6) is 23.0 Å². The number of rotatable bonds is 5. The van der Waals surface area contributed by atoms with Gasteiger partial charge in [0.15, 0.2) is 0 Å². The lowest BCUT2D eigenvalue weighted by Gasteiger charge is -2.10. The Balaban J connectivity index is 2.26. The van der Waals surface area contributed by atoms with E-state index in [-0.39, 0.29) is 0 Å². The summed E-state index contributed by atoms with van der Waals surface area (Å²) in [5, 5.41) is 0. The zero-order valence-corrected chi connectivity index (χ0v) is 11.6. The van der Waals surface area contributed by atoms with E-state index in [1.54, 1.807) is 32.4 Å². The van der Waals surface area contributed by atoms with Crippen LogP contribution in [0.2, 0.25) is 0 Å². The van der Waals surface area contributed by atoms with Crippen LogP contribution in [0, 0.1) is 0 Å². The molecule has 0 saturated heterocycles. The largest absolute Gasteiger partial charge is 0.496 e. The Labute approximate surface area is 117 Å². The number of methoxy groups -OCH3 is 2. The lowest BCUT2D eigenvalue weighted by molar-refractivity contribution is 0.386. The number of hydrogen-bond donors (Lipinski definition) is 0. The maximum atomic E-state index is 5.80. The lowest BCUT2D eigenvalue weighted by atomic mass is 10.2. The van der Waals surface area contributed by atoms with E-state index in [9.17, 15) is 0 Å². The highest BCUT2D eigenvalue weighted by Crippen LogP contribution is 2.31. The molecule has 0 aliphatic heterocycles. The Bertz CT molecular complexity index is 533. The van der Waals surface area contributed by atoms with E-state index in [0.717, 1.165) is 11.3 Å². The molecule has 0 aliphatic rings. The molecule has 0 fully saturated rings. The first-order valence-electron chi connectivity index (χ1n) is 5.81. The molecule has 19 heavy (non-hydrogen) atoms. The molecule has 0 bridgehead atoms. The maximum absolute atomic E-state index is 5.80. The smallest absolute Gasteiger partial charge is 0.134 e. The normalized spacial score (nSPS) is 10.1. The minimum Gasteiger partial charge on any atom is -0.496 e. The van der Waals surface area contributed by atoms with E-state index in [4.69, 9.17) is 25.8 Å². The predicted octanol–water partition coefficient (Wildman–Crippen LogP) is 4.23. The van der Waals surface area contributed by atoms with Crippen LogP contribution in [-0.4, -0.2) is 14.2 Å². The average Bonchev–Trinajstić information content (AvgIpc) is 2.47. The van der Waals surface area contributed by atoms with Gasteiger partial charge >= 0.3 is 0 Å². The Hall–Kier alpha value is -1.87. The fourth-order valence-electron chi connectivity index (χ4n) is 1.67. The van der Waals surface area contributed by atoms with Crippen LogP contribution in [0.1, 0.15) is 5.56 Å². The van der Waals surface area contributed by atoms with Crippen molar-refractivity contribution in [1.29, 1.82) is 0 Å². The summed E-state index contributed by atoms with van der Waals surface area (Å²) in [6.07, 6.45) is 0.